The van der Waals surface area contributed by atoms with Gasteiger partial charge in [0.05, 0.1) is 10.9 Å². The molecule has 6 nitrogen and oxygen atoms in total. The van der Waals surface area contributed by atoms with Crippen molar-refractivity contribution in [3.8, 4) is 10.8 Å². The van der Waals surface area contributed by atoms with Crippen LogP contribution in [0.2, 0.25) is 0 Å². The van der Waals surface area contributed by atoms with E-state index in [-0.39, 0.29) is 17.9 Å². The SMILES string of the molecule is C[C@@H](c1nnc(-c2cccs2)o1)N1CCC(C(N)=O)CC1. The standard InChI is InChI=1S/C14H18N4O2S/c1-9(18-6-4-10(5-7-18)12(15)19)13-16-17-14(20-13)11-3-2-8-21-11/h2-3,8-10H,4-7H2,1H3,(H2,15,19)/t9-/m0/s1. The molecule has 0 unspecified atom stereocenters. The Balaban J connectivity index is 1.66. The minimum absolute atomic E-state index is 0.00202. The van der Waals surface area contributed by atoms with Crippen LogP contribution in [0.3, 0.4) is 0 Å². The summed E-state index contributed by atoms with van der Waals surface area (Å²) in [4.78, 5) is 14.4. The molecule has 0 radical (unpaired) electrons. The van der Waals surface area contributed by atoms with Gasteiger partial charge in [-0.25, -0.2) is 0 Å². The highest BCUT2D eigenvalue weighted by molar-refractivity contribution is 7.13. The zero-order valence-corrected chi connectivity index (χ0v) is 12.7. The number of piperidine rings is 1. The van der Waals surface area contributed by atoms with Gasteiger partial charge in [-0.2, -0.15) is 0 Å². The van der Waals surface area contributed by atoms with Crippen LogP contribution in [-0.4, -0.2) is 34.1 Å². The van der Waals surface area contributed by atoms with Crippen LogP contribution in [0.5, 0.6) is 0 Å². The van der Waals surface area contributed by atoms with E-state index in [0.29, 0.717) is 11.8 Å². The van der Waals surface area contributed by atoms with Crippen LogP contribution in [0, 0.1) is 5.92 Å². The first-order valence-corrected chi connectivity index (χ1v) is 7.93. The molecule has 1 aliphatic heterocycles. The van der Waals surface area contributed by atoms with Crippen LogP contribution in [0.15, 0.2) is 21.9 Å². The van der Waals surface area contributed by atoms with Gasteiger partial charge in [0, 0.05) is 5.92 Å². The molecule has 0 aliphatic carbocycles. The minimum Gasteiger partial charge on any atom is -0.418 e. The lowest BCUT2D eigenvalue weighted by atomic mass is 9.95. The topological polar surface area (TPSA) is 85.2 Å². The molecule has 2 aromatic rings. The van der Waals surface area contributed by atoms with Gasteiger partial charge in [0.1, 0.15) is 0 Å². The molecule has 21 heavy (non-hydrogen) atoms. The van der Waals surface area contributed by atoms with Crippen molar-refractivity contribution in [1.82, 2.24) is 15.1 Å². The van der Waals surface area contributed by atoms with E-state index in [0.717, 1.165) is 30.8 Å². The van der Waals surface area contributed by atoms with Crippen molar-refractivity contribution in [1.29, 1.82) is 0 Å². The molecule has 0 aromatic carbocycles. The molecule has 1 atom stereocenters. The normalized spacial score (nSPS) is 18.7. The Kier molecular flexibility index (Phi) is 4.03. The molecule has 112 valence electrons. The molecule has 2 N–H and O–H groups in total. The average Bonchev–Trinajstić information content (AvgIpc) is 3.17. The maximum Gasteiger partial charge on any atom is 0.257 e. The van der Waals surface area contributed by atoms with Gasteiger partial charge in [-0.05, 0) is 44.3 Å². The summed E-state index contributed by atoms with van der Waals surface area (Å²) >= 11 is 1.58. The number of thiophene rings is 1. The summed E-state index contributed by atoms with van der Waals surface area (Å²) in [5.41, 5.74) is 5.36. The van der Waals surface area contributed by atoms with Crippen molar-refractivity contribution < 1.29 is 9.21 Å². The van der Waals surface area contributed by atoms with Gasteiger partial charge in [-0.1, -0.05) is 6.07 Å². The lowest BCUT2D eigenvalue weighted by Crippen LogP contribution is -2.39. The van der Waals surface area contributed by atoms with Crippen LogP contribution in [0.4, 0.5) is 0 Å². The summed E-state index contributed by atoms with van der Waals surface area (Å²) in [7, 11) is 0. The Morgan fingerprint density at radius 2 is 2.24 bits per heavy atom. The predicted molar refractivity (Wildman–Crippen MR) is 79.5 cm³/mol. The molecule has 1 fully saturated rings. The van der Waals surface area contributed by atoms with Crippen molar-refractivity contribution in [2.75, 3.05) is 13.1 Å². The number of aromatic nitrogens is 2. The number of nitrogens with two attached hydrogens (primary N) is 1. The van der Waals surface area contributed by atoms with E-state index in [1.165, 1.54) is 0 Å². The monoisotopic (exact) mass is 306 g/mol. The lowest BCUT2D eigenvalue weighted by molar-refractivity contribution is -0.123. The molecule has 0 saturated carbocycles. The molecule has 1 aliphatic rings. The van der Waals surface area contributed by atoms with Gasteiger partial charge in [0.2, 0.25) is 11.8 Å². The van der Waals surface area contributed by atoms with Crippen LogP contribution >= 0.6 is 11.3 Å². The van der Waals surface area contributed by atoms with Gasteiger partial charge in [0.25, 0.3) is 5.89 Å². The largest absolute Gasteiger partial charge is 0.418 e. The first-order valence-electron chi connectivity index (χ1n) is 7.06. The second kappa shape index (κ2) is 5.95. The Morgan fingerprint density at radius 1 is 1.48 bits per heavy atom. The Bertz CT molecular complexity index is 602. The van der Waals surface area contributed by atoms with Crippen molar-refractivity contribution in [3.05, 3.63) is 23.4 Å². The van der Waals surface area contributed by atoms with Gasteiger partial charge in [-0.15, -0.1) is 21.5 Å². The van der Waals surface area contributed by atoms with E-state index >= 15 is 0 Å². The van der Waals surface area contributed by atoms with Crippen molar-refractivity contribution in [2.45, 2.75) is 25.8 Å². The number of carbonyl (C=O) groups is 1. The highest BCUT2D eigenvalue weighted by atomic mass is 32.1. The number of primary amides is 1. The molecule has 3 rings (SSSR count). The van der Waals surface area contributed by atoms with E-state index < -0.39 is 0 Å². The zero-order valence-electron chi connectivity index (χ0n) is 11.9. The first kappa shape index (κ1) is 14.2. The second-order valence-electron chi connectivity index (χ2n) is 5.31. The predicted octanol–water partition coefficient (Wildman–Crippen LogP) is 2.06. The number of hydrogen-bond donors (Lipinski definition) is 1. The zero-order chi connectivity index (χ0) is 14.8. The average molecular weight is 306 g/mol. The number of rotatable bonds is 4. The van der Waals surface area contributed by atoms with Crippen LogP contribution in [0.1, 0.15) is 31.7 Å². The van der Waals surface area contributed by atoms with E-state index in [4.69, 9.17) is 10.2 Å². The van der Waals surface area contributed by atoms with Crippen LogP contribution < -0.4 is 5.73 Å². The molecule has 7 heteroatoms. The summed E-state index contributed by atoms with van der Waals surface area (Å²) in [6.07, 6.45) is 1.59. The van der Waals surface area contributed by atoms with Gasteiger partial charge >= 0.3 is 0 Å². The first-order chi connectivity index (χ1) is 10.1. The Morgan fingerprint density at radius 3 is 2.86 bits per heavy atom. The van der Waals surface area contributed by atoms with Crippen molar-refractivity contribution in [2.24, 2.45) is 11.7 Å². The fraction of sp³-hybridized carbons (Fsp3) is 0.500. The van der Waals surface area contributed by atoms with Crippen molar-refractivity contribution in [3.63, 3.8) is 0 Å². The molecule has 0 bridgehead atoms. The summed E-state index contributed by atoms with van der Waals surface area (Å²) in [6, 6.07) is 3.98. The Hall–Kier alpha value is -1.73. The number of amides is 1. The lowest BCUT2D eigenvalue weighted by Gasteiger charge is -2.33. The minimum atomic E-state index is -0.194. The molecule has 1 saturated heterocycles. The third kappa shape index (κ3) is 2.98. The number of hydrogen-bond acceptors (Lipinski definition) is 6. The van der Waals surface area contributed by atoms with Gasteiger partial charge < -0.3 is 10.2 Å². The summed E-state index contributed by atoms with van der Waals surface area (Å²) in [6.45, 7) is 3.70. The van der Waals surface area contributed by atoms with Crippen molar-refractivity contribution >= 4 is 17.2 Å². The molecule has 1 amide bonds. The smallest absolute Gasteiger partial charge is 0.257 e. The molecular weight excluding hydrogens is 288 g/mol. The Labute approximate surface area is 127 Å². The molecular formula is C14H18N4O2S. The van der Waals surface area contributed by atoms with E-state index in [2.05, 4.69) is 22.0 Å². The van der Waals surface area contributed by atoms with Crippen LogP contribution in [0.25, 0.3) is 10.8 Å². The summed E-state index contributed by atoms with van der Waals surface area (Å²) < 4.78 is 5.77. The highest BCUT2D eigenvalue weighted by Gasteiger charge is 2.28. The summed E-state index contributed by atoms with van der Waals surface area (Å²) in [5.74, 6) is 0.993. The molecule has 3 heterocycles. The number of nitrogens with zero attached hydrogens (tertiary/aromatic N) is 3. The molecule has 0 spiro atoms. The van der Waals surface area contributed by atoms with E-state index in [1.807, 2.05) is 17.5 Å². The third-order valence-corrected chi connectivity index (χ3v) is 4.87. The fourth-order valence-corrected chi connectivity index (χ4v) is 3.27. The van der Waals surface area contributed by atoms with E-state index in [1.54, 1.807) is 11.3 Å². The van der Waals surface area contributed by atoms with Gasteiger partial charge in [0.15, 0.2) is 0 Å². The highest BCUT2D eigenvalue weighted by Crippen LogP contribution is 2.29. The number of likely N-dealkylation sites (tertiary alicyclic amines) is 1. The number of carbonyl (C=O) groups excluding carboxylic acids is 1. The fourth-order valence-electron chi connectivity index (χ4n) is 2.63. The quantitative estimate of drug-likeness (QED) is 0.934. The van der Waals surface area contributed by atoms with E-state index in [9.17, 15) is 4.79 Å². The van der Waals surface area contributed by atoms with Gasteiger partial charge in [-0.3, -0.25) is 9.69 Å². The molecule has 2 aromatic heterocycles. The maximum atomic E-state index is 11.2. The third-order valence-electron chi connectivity index (χ3n) is 4.01. The maximum absolute atomic E-state index is 11.2. The van der Waals surface area contributed by atoms with Crippen LogP contribution in [-0.2, 0) is 4.79 Å². The summed E-state index contributed by atoms with van der Waals surface area (Å²) in [5, 5.41) is 10.3. The second-order valence-corrected chi connectivity index (χ2v) is 6.26.